The van der Waals surface area contributed by atoms with Crippen molar-refractivity contribution in [2.45, 2.75) is 12.8 Å². The van der Waals surface area contributed by atoms with E-state index in [1.807, 2.05) is 6.07 Å². The number of carboxylic acid groups (broad SMARTS) is 1. The second-order valence-electron chi connectivity index (χ2n) is 3.78. The zero-order valence-corrected chi connectivity index (χ0v) is 9.76. The van der Waals surface area contributed by atoms with E-state index >= 15 is 0 Å². The Morgan fingerprint density at radius 1 is 1.56 bits per heavy atom. The van der Waals surface area contributed by atoms with E-state index in [9.17, 15) is 9.90 Å². The smallest absolute Gasteiger partial charge is 0.356 e. The minimum Gasteiger partial charge on any atom is -0.476 e. The van der Waals surface area contributed by atoms with E-state index in [0.717, 1.165) is 6.42 Å². The van der Waals surface area contributed by atoms with E-state index in [0.29, 0.717) is 24.4 Å². The molecular formula is C13H13N3O2. The summed E-state index contributed by atoms with van der Waals surface area (Å²) in [7, 11) is 0. The number of nitrogens with zero attached hydrogens (tertiary/aromatic N) is 2. The molecule has 0 atom stereocenters. The minimum atomic E-state index is -1.01. The lowest BCUT2D eigenvalue weighted by molar-refractivity contribution is 0.0690. The van der Waals surface area contributed by atoms with Gasteiger partial charge in [0.15, 0.2) is 11.5 Å². The molecule has 0 saturated heterocycles. The number of fused-ring (bicyclic) bond motifs is 1. The Labute approximate surface area is 104 Å². The highest BCUT2D eigenvalue weighted by Crippen LogP contribution is 2.17. The highest BCUT2D eigenvalue weighted by molar-refractivity contribution is 5.92. The van der Waals surface area contributed by atoms with E-state index in [2.05, 4.69) is 16.2 Å². The number of aromatic nitrogens is 2. The minimum absolute atomic E-state index is 0.145. The molecule has 0 aliphatic carbocycles. The monoisotopic (exact) mass is 243 g/mol. The average Bonchev–Trinajstić information content (AvgIpc) is 2.73. The average molecular weight is 243 g/mol. The van der Waals surface area contributed by atoms with Crippen molar-refractivity contribution >= 4 is 17.4 Å². The molecule has 2 rings (SSSR count). The number of anilines is 1. The number of imidazole rings is 1. The molecule has 0 aromatic carbocycles. The van der Waals surface area contributed by atoms with E-state index in [1.54, 1.807) is 22.7 Å². The zero-order valence-electron chi connectivity index (χ0n) is 9.76. The molecule has 0 fully saturated rings. The van der Waals surface area contributed by atoms with Crippen LogP contribution in [0, 0.1) is 12.3 Å². The van der Waals surface area contributed by atoms with Crippen LogP contribution in [-0.2, 0) is 0 Å². The highest BCUT2D eigenvalue weighted by Gasteiger charge is 2.17. The van der Waals surface area contributed by atoms with Gasteiger partial charge in [-0.2, -0.15) is 0 Å². The number of carbonyl (C=O) groups is 1. The number of aromatic carboxylic acids is 1. The molecule has 0 saturated carbocycles. The third kappa shape index (κ3) is 2.28. The lowest BCUT2D eigenvalue weighted by atomic mass is 10.3. The molecule has 0 unspecified atom stereocenters. The van der Waals surface area contributed by atoms with E-state index in [1.165, 1.54) is 0 Å². The highest BCUT2D eigenvalue weighted by atomic mass is 16.4. The maximum Gasteiger partial charge on any atom is 0.356 e. The van der Waals surface area contributed by atoms with Crippen molar-refractivity contribution in [3.8, 4) is 12.3 Å². The Hall–Kier alpha value is -2.48. The van der Waals surface area contributed by atoms with Gasteiger partial charge in [0.05, 0.1) is 0 Å². The fourth-order valence-corrected chi connectivity index (χ4v) is 1.72. The molecule has 2 aromatic rings. The van der Waals surface area contributed by atoms with Gasteiger partial charge in [0.1, 0.15) is 5.65 Å². The predicted octanol–water partition coefficient (Wildman–Crippen LogP) is 1.86. The molecule has 0 amide bonds. The molecule has 0 bridgehead atoms. The Bertz CT molecular complexity index is 610. The van der Waals surface area contributed by atoms with Crippen LogP contribution in [0.3, 0.4) is 0 Å². The number of nitrogens with one attached hydrogen (secondary N) is 1. The van der Waals surface area contributed by atoms with Crippen LogP contribution in [-0.4, -0.2) is 27.0 Å². The molecule has 5 nitrogen and oxygen atoms in total. The summed E-state index contributed by atoms with van der Waals surface area (Å²) in [5.41, 5.74) is 0.751. The summed E-state index contributed by atoms with van der Waals surface area (Å²) >= 11 is 0. The van der Waals surface area contributed by atoms with Crippen molar-refractivity contribution in [3.05, 3.63) is 30.1 Å². The normalized spacial score (nSPS) is 10.2. The first-order valence-electron chi connectivity index (χ1n) is 5.61. The largest absolute Gasteiger partial charge is 0.476 e. The van der Waals surface area contributed by atoms with Gasteiger partial charge in [-0.3, -0.25) is 4.40 Å². The number of unbranched alkanes of at least 4 members (excludes halogenated alkanes) is 1. The quantitative estimate of drug-likeness (QED) is 0.621. The summed E-state index contributed by atoms with van der Waals surface area (Å²) < 4.78 is 1.55. The van der Waals surface area contributed by atoms with E-state index in [-0.39, 0.29) is 5.69 Å². The first-order chi connectivity index (χ1) is 8.74. The Kier molecular flexibility index (Phi) is 3.49. The molecule has 0 spiro atoms. The lowest BCUT2D eigenvalue weighted by Crippen LogP contribution is -2.08. The van der Waals surface area contributed by atoms with E-state index < -0.39 is 5.97 Å². The van der Waals surface area contributed by atoms with Crippen molar-refractivity contribution in [3.63, 3.8) is 0 Å². The second-order valence-corrected chi connectivity index (χ2v) is 3.78. The fourth-order valence-electron chi connectivity index (χ4n) is 1.72. The van der Waals surface area contributed by atoms with Crippen LogP contribution in [0.1, 0.15) is 23.3 Å². The van der Waals surface area contributed by atoms with Crippen LogP contribution in [0.5, 0.6) is 0 Å². The zero-order chi connectivity index (χ0) is 13.0. The fraction of sp³-hybridized carbons (Fsp3) is 0.231. The maximum absolute atomic E-state index is 11.3. The molecule has 18 heavy (non-hydrogen) atoms. The lowest BCUT2D eigenvalue weighted by Gasteiger charge is -2.02. The van der Waals surface area contributed by atoms with Crippen LogP contribution >= 0.6 is 0 Å². The third-order valence-corrected chi connectivity index (χ3v) is 2.52. The molecule has 5 heteroatoms. The van der Waals surface area contributed by atoms with Gasteiger partial charge in [-0.25, -0.2) is 9.78 Å². The number of rotatable bonds is 5. The molecule has 2 aromatic heterocycles. The Morgan fingerprint density at radius 3 is 3.11 bits per heavy atom. The van der Waals surface area contributed by atoms with Crippen molar-refractivity contribution in [2.75, 3.05) is 11.9 Å². The standard InChI is InChI=1S/C13H13N3O2/c1-2-3-5-8-14-12-11(13(17)18)16-9-6-4-7-10(16)15-12/h1,4,6-7,9,14H,3,5,8H2,(H,17,18). The van der Waals surface area contributed by atoms with Crippen LogP contribution in [0.15, 0.2) is 24.4 Å². The van der Waals surface area contributed by atoms with Crippen molar-refractivity contribution in [1.82, 2.24) is 9.38 Å². The van der Waals surface area contributed by atoms with Crippen molar-refractivity contribution in [1.29, 1.82) is 0 Å². The second kappa shape index (κ2) is 5.23. The summed E-state index contributed by atoms with van der Waals surface area (Å²) in [6, 6.07) is 5.35. The molecular weight excluding hydrogens is 230 g/mol. The first-order valence-corrected chi connectivity index (χ1v) is 5.61. The summed E-state index contributed by atoms with van der Waals surface area (Å²) in [5.74, 6) is 1.91. The molecule has 92 valence electrons. The van der Waals surface area contributed by atoms with Crippen LogP contribution in [0.25, 0.3) is 5.65 Å². The van der Waals surface area contributed by atoms with Gasteiger partial charge in [-0.15, -0.1) is 12.3 Å². The van der Waals surface area contributed by atoms with Crippen LogP contribution in [0.2, 0.25) is 0 Å². The van der Waals surface area contributed by atoms with Crippen molar-refractivity contribution < 1.29 is 9.90 Å². The maximum atomic E-state index is 11.3. The molecule has 0 aliphatic rings. The van der Waals surface area contributed by atoms with Gasteiger partial charge < -0.3 is 10.4 Å². The molecule has 2 N–H and O–H groups in total. The predicted molar refractivity (Wildman–Crippen MR) is 68.7 cm³/mol. The first kappa shape index (κ1) is 12.0. The Morgan fingerprint density at radius 2 is 2.39 bits per heavy atom. The molecule has 0 aliphatic heterocycles. The van der Waals surface area contributed by atoms with Crippen molar-refractivity contribution in [2.24, 2.45) is 0 Å². The Balaban J connectivity index is 2.29. The van der Waals surface area contributed by atoms with Gasteiger partial charge in [0, 0.05) is 19.2 Å². The topological polar surface area (TPSA) is 66.6 Å². The number of terminal acetylenes is 1. The van der Waals surface area contributed by atoms with Gasteiger partial charge in [0.25, 0.3) is 0 Å². The van der Waals surface area contributed by atoms with Crippen LogP contribution in [0.4, 0.5) is 5.82 Å². The summed E-state index contributed by atoms with van der Waals surface area (Å²) in [6.45, 7) is 0.606. The summed E-state index contributed by atoms with van der Waals surface area (Å²) in [5, 5.41) is 12.2. The number of hydrogen-bond donors (Lipinski definition) is 2. The van der Waals surface area contributed by atoms with Gasteiger partial charge in [0.2, 0.25) is 0 Å². The summed E-state index contributed by atoms with van der Waals surface area (Å²) in [4.78, 5) is 15.5. The number of pyridine rings is 1. The number of carboxylic acids is 1. The number of hydrogen-bond acceptors (Lipinski definition) is 3. The van der Waals surface area contributed by atoms with Gasteiger partial charge in [-0.05, 0) is 18.6 Å². The van der Waals surface area contributed by atoms with E-state index in [4.69, 9.17) is 6.42 Å². The van der Waals surface area contributed by atoms with Crippen LogP contribution < -0.4 is 5.32 Å². The SMILES string of the molecule is C#CCCCNc1nc2ccccn2c1C(=O)O. The van der Waals surface area contributed by atoms with Gasteiger partial charge in [-0.1, -0.05) is 6.07 Å². The summed E-state index contributed by atoms with van der Waals surface area (Å²) in [6.07, 6.45) is 8.27. The van der Waals surface area contributed by atoms with Gasteiger partial charge >= 0.3 is 5.97 Å². The molecule has 2 heterocycles. The third-order valence-electron chi connectivity index (χ3n) is 2.52. The molecule has 0 radical (unpaired) electrons.